The normalized spacial score (nSPS) is 10.2. The fourth-order valence-corrected chi connectivity index (χ4v) is 2.24. The van der Waals surface area contributed by atoms with Crippen LogP contribution in [0.4, 0.5) is 5.69 Å². The molecule has 1 N–H and O–H groups in total. The van der Waals surface area contributed by atoms with Crippen molar-refractivity contribution in [2.75, 3.05) is 5.32 Å². The van der Waals surface area contributed by atoms with Crippen molar-refractivity contribution in [3.8, 4) is 0 Å². The summed E-state index contributed by atoms with van der Waals surface area (Å²) in [7, 11) is 0. The summed E-state index contributed by atoms with van der Waals surface area (Å²) >= 11 is 4.46. The van der Waals surface area contributed by atoms with Crippen LogP contribution in [0.25, 0.3) is 0 Å². The lowest BCUT2D eigenvalue weighted by Crippen LogP contribution is -2.12. The van der Waals surface area contributed by atoms with E-state index in [1.54, 1.807) is 0 Å². The molecule has 2 rings (SSSR count). The number of hydrogen-bond donors (Lipinski definition) is 1. The van der Waals surface area contributed by atoms with Crippen LogP contribution in [0.1, 0.15) is 22.3 Å². The van der Waals surface area contributed by atoms with Crippen molar-refractivity contribution < 1.29 is 4.79 Å². The predicted octanol–water partition coefficient (Wildman–Crippen LogP) is 3.12. The zero-order valence-electron chi connectivity index (χ0n) is 9.11. The summed E-state index contributed by atoms with van der Waals surface area (Å²) in [6.45, 7) is 1.95. The van der Waals surface area contributed by atoms with Gasteiger partial charge in [-0.15, -0.1) is 5.10 Å². The molecule has 0 bridgehead atoms. The van der Waals surface area contributed by atoms with E-state index in [0.29, 0.717) is 11.3 Å². The average Bonchev–Trinajstić information content (AvgIpc) is 2.80. The van der Waals surface area contributed by atoms with Crippen molar-refractivity contribution in [3.05, 3.63) is 39.3 Å². The first kappa shape index (κ1) is 12.2. The zero-order valence-corrected chi connectivity index (χ0v) is 11.5. The number of aromatic nitrogens is 2. The number of anilines is 1. The van der Waals surface area contributed by atoms with Crippen LogP contribution in [-0.2, 0) is 6.42 Å². The van der Waals surface area contributed by atoms with Gasteiger partial charge in [-0.25, -0.2) is 0 Å². The van der Waals surface area contributed by atoms with Gasteiger partial charge >= 0.3 is 0 Å². The number of halogens is 1. The lowest BCUT2D eigenvalue weighted by molar-refractivity contribution is 0.102. The molecular formula is C11H10BrN3OS. The second-order valence-corrected chi connectivity index (χ2v) is 5.03. The quantitative estimate of drug-likeness (QED) is 0.947. The number of nitrogens with zero attached hydrogens (tertiary/aromatic N) is 2. The number of hydrogen-bond acceptors (Lipinski definition) is 4. The van der Waals surface area contributed by atoms with E-state index in [9.17, 15) is 4.79 Å². The van der Waals surface area contributed by atoms with Crippen molar-refractivity contribution in [1.82, 2.24) is 9.59 Å². The zero-order chi connectivity index (χ0) is 12.3. The highest BCUT2D eigenvalue weighted by atomic mass is 79.9. The molecule has 4 nitrogen and oxygen atoms in total. The first-order valence-corrected chi connectivity index (χ1v) is 6.65. The van der Waals surface area contributed by atoms with Gasteiger partial charge in [0.25, 0.3) is 5.91 Å². The fraction of sp³-hybridized carbons (Fsp3) is 0.182. The molecule has 1 amide bonds. The number of benzene rings is 1. The molecule has 0 spiro atoms. The van der Waals surface area contributed by atoms with Crippen LogP contribution in [-0.4, -0.2) is 15.5 Å². The van der Waals surface area contributed by atoms with E-state index < -0.39 is 0 Å². The molecule has 1 heterocycles. The van der Waals surface area contributed by atoms with Crippen LogP contribution < -0.4 is 5.32 Å². The number of nitrogens with one attached hydrogen (secondary N) is 1. The Morgan fingerprint density at radius 3 is 2.76 bits per heavy atom. The highest BCUT2D eigenvalue weighted by molar-refractivity contribution is 9.10. The first-order chi connectivity index (χ1) is 8.20. The Bertz CT molecular complexity index is 524. The van der Waals surface area contributed by atoms with E-state index in [1.807, 2.05) is 31.2 Å². The standard InChI is InChI=1S/C11H10BrN3OS/c1-2-9-10(17-15-14-9)11(16)13-8-5-3-7(12)4-6-8/h3-6H,2H2,1H3,(H,13,16). The number of aryl methyl sites for hydroxylation is 1. The molecule has 0 aliphatic heterocycles. The van der Waals surface area contributed by atoms with Crippen molar-refractivity contribution in [1.29, 1.82) is 0 Å². The van der Waals surface area contributed by atoms with Gasteiger partial charge in [0.2, 0.25) is 0 Å². The lowest BCUT2D eigenvalue weighted by Gasteiger charge is -2.03. The third-order valence-electron chi connectivity index (χ3n) is 2.20. The Balaban J connectivity index is 2.14. The van der Waals surface area contributed by atoms with Gasteiger partial charge in [-0.05, 0) is 42.2 Å². The maximum absolute atomic E-state index is 11.9. The molecule has 6 heteroatoms. The molecule has 0 unspecified atom stereocenters. The Morgan fingerprint density at radius 1 is 1.41 bits per heavy atom. The van der Waals surface area contributed by atoms with Crippen molar-refractivity contribution in [3.63, 3.8) is 0 Å². The van der Waals surface area contributed by atoms with Gasteiger partial charge in [0.15, 0.2) is 0 Å². The SMILES string of the molecule is CCc1nnsc1C(=O)Nc1ccc(Br)cc1. The maximum Gasteiger partial charge on any atom is 0.269 e. The third kappa shape index (κ3) is 2.89. The highest BCUT2D eigenvalue weighted by Gasteiger charge is 2.14. The molecule has 88 valence electrons. The van der Waals surface area contributed by atoms with Crippen molar-refractivity contribution >= 4 is 39.1 Å². The van der Waals surface area contributed by atoms with E-state index in [1.165, 1.54) is 0 Å². The molecule has 0 radical (unpaired) electrons. The van der Waals surface area contributed by atoms with Crippen LogP contribution in [0.15, 0.2) is 28.7 Å². The average molecular weight is 312 g/mol. The third-order valence-corrected chi connectivity index (χ3v) is 3.49. The summed E-state index contributed by atoms with van der Waals surface area (Å²) in [5, 5.41) is 6.73. The summed E-state index contributed by atoms with van der Waals surface area (Å²) in [5.41, 5.74) is 1.50. The molecule has 1 aromatic heterocycles. The number of carbonyl (C=O) groups is 1. The molecule has 2 aromatic rings. The fourth-order valence-electron chi connectivity index (χ4n) is 1.33. The Labute approximate surface area is 111 Å². The largest absolute Gasteiger partial charge is 0.321 e. The smallest absolute Gasteiger partial charge is 0.269 e. The molecule has 17 heavy (non-hydrogen) atoms. The summed E-state index contributed by atoms with van der Waals surface area (Å²) in [4.78, 5) is 12.5. The van der Waals surface area contributed by atoms with Gasteiger partial charge in [-0.3, -0.25) is 4.79 Å². The van der Waals surface area contributed by atoms with Gasteiger partial charge in [-0.1, -0.05) is 27.3 Å². The van der Waals surface area contributed by atoms with E-state index in [-0.39, 0.29) is 5.91 Å². The van der Waals surface area contributed by atoms with E-state index in [4.69, 9.17) is 0 Å². The minimum absolute atomic E-state index is 0.154. The maximum atomic E-state index is 11.9. The van der Waals surface area contributed by atoms with Crippen molar-refractivity contribution in [2.45, 2.75) is 13.3 Å². The van der Waals surface area contributed by atoms with Crippen molar-refractivity contribution in [2.24, 2.45) is 0 Å². The lowest BCUT2D eigenvalue weighted by atomic mass is 10.2. The summed E-state index contributed by atoms with van der Waals surface area (Å²) in [6, 6.07) is 7.42. The molecule has 0 aliphatic rings. The van der Waals surface area contributed by atoms with Crippen LogP contribution in [0.2, 0.25) is 0 Å². The molecule has 0 saturated heterocycles. The molecule has 0 saturated carbocycles. The van der Waals surface area contributed by atoms with Crippen LogP contribution >= 0.6 is 27.5 Å². The Kier molecular flexibility index (Phi) is 3.86. The van der Waals surface area contributed by atoms with Gasteiger partial charge in [0.1, 0.15) is 4.88 Å². The molecule has 0 fully saturated rings. The second kappa shape index (κ2) is 5.37. The van der Waals surface area contributed by atoms with Gasteiger partial charge in [0, 0.05) is 10.2 Å². The molecular weight excluding hydrogens is 302 g/mol. The van der Waals surface area contributed by atoms with E-state index in [0.717, 1.165) is 27.4 Å². The monoisotopic (exact) mass is 311 g/mol. The van der Waals surface area contributed by atoms with E-state index >= 15 is 0 Å². The number of amides is 1. The van der Waals surface area contributed by atoms with Gasteiger partial charge in [-0.2, -0.15) is 0 Å². The minimum Gasteiger partial charge on any atom is -0.321 e. The first-order valence-electron chi connectivity index (χ1n) is 5.09. The van der Waals surface area contributed by atoms with Crippen LogP contribution in [0, 0.1) is 0 Å². The van der Waals surface area contributed by atoms with E-state index in [2.05, 4.69) is 30.8 Å². The summed E-state index contributed by atoms with van der Waals surface area (Å²) < 4.78 is 4.77. The highest BCUT2D eigenvalue weighted by Crippen LogP contribution is 2.17. The molecule has 0 atom stereocenters. The van der Waals surface area contributed by atoms with Gasteiger partial charge < -0.3 is 5.32 Å². The second-order valence-electron chi connectivity index (χ2n) is 3.36. The summed E-state index contributed by atoms with van der Waals surface area (Å²) in [5.74, 6) is -0.154. The topological polar surface area (TPSA) is 54.9 Å². The van der Waals surface area contributed by atoms with Crippen LogP contribution in [0.3, 0.4) is 0 Å². The van der Waals surface area contributed by atoms with Gasteiger partial charge in [0.05, 0.1) is 5.69 Å². The Morgan fingerprint density at radius 2 is 2.12 bits per heavy atom. The summed E-state index contributed by atoms with van der Waals surface area (Å²) in [6.07, 6.45) is 0.708. The Hall–Kier alpha value is -1.27. The minimum atomic E-state index is -0.154. The van der Waals surface area contributed by atoms with Crippen LogP contribution in [0.5, 0.6) is 0 Å². The molecule has 0 aliphatic carbocycles. The number of rotatable bonds is 3. The molecule has 1 aromatic carbocycles. The number of carbonyl (C=O) groups excluding carboxylic acids is 1. The predicted molar refractivity (Wildman–Crippen MR) is 71.4 cm³/mol.